The number of ketones is 1. The van der Waals surface area contributed by atoms with Crippen LogP contribution in [0, 0.1) is 24.2 Å². The molecule has 2 aliphatic rings. The van der Waals surface area contributed by atoms with Gasteiger partial charge in [-0.2, -0.15) is 0 Å². The fourth-order valence-corrected chi connectivity index (χ4v) is 5.35. The van der Waals surface area contributed by atoms with Crippen LogP contribution in [0.5, 0.6) is 0 Å². The van der Waals surface area contributed by atoms with Crippen molar-refractivity contribution in [3.8, 4) is 0 Å². The zero-order chi connectivity index (χ0) is 25.2. The van der Waals surface area contributed by atoms with Crippen molar-refractivity contribution in [3.63, 3.8) is 0 Å². The maximum Gasteiger partial charge on any atom is 0.309 e. The van der Waals surface area contributed by atoms with Gasteiger partial charge >= 0.3 is 5.97 Å². The predicted molar refractivity (Wildman–Crippen MR) is 131 cm³/mol. The highest BCUT2D eigenvalue weighted by atomic mass is 32.1. The minimum atomic E-state index is -1.22. The fraction of sp³-hybridized carbons (Fsp3) is 0.731. The summed E-state index contributed by atoms with van der Waals surface area (Å²) in [5.74, 6) is -1.52. The van der Waals surface area contributed by atoms with Gasteiger partial charge in [0.2, 0.25) is 0 Å². The van der Waals surface area contributed by atoms with E-state index in [2.05, 4.69) is 4.98 Å². The summed E-state index contributed by atoms with van der Waals surface area (Å²) in [7, 11) is 0. The number of esters is 1. The zero-order valence-electron chi connectivity index (χ0n) is 21.1. The van der Waals surface area contributed by atoms with Crippen molar-refractivity contribution in [1.29, 1.82) is 0 Å². The highest BCUT2D eigenvalue weighted by Gasteiger charge is 2.44. The second kappa shape index (κ2) is 11.0. The van der Waals surface area contributed by atoms with Crippen molar-refractivity contribution in [2.45, 2.75) is 104 Å². The number of fused-ring (bicyclic) bond motifs is 1. The third kappa shape index (κ3) is 6.53. The molecular weight excluding hydrogens is 456 g/mol. The molecule has 0 bridgehead atoms. The Bertz CT molecular complexity index is 909. The van der Waals surface area contributed by atoms with Crippen molar-refractivity contribution in [3.05, 3.63) is 21.7 Å². The second-order valence-corrected chi connectivity index (χ2v) is 11.7. The van der Waals surface area contributed by atoms with Crippen molar-refractivity contribution < 1.29 is 29.3 Å². The summed E-state index contributed by atoms with van der Waals surface area (Å²) in [6.07, 6.45) is 2.28. The number of hydrogen-bond donors (Lipinski definition) is 2. The molecule has 7 atom stereocenters. The Balaban J connectivity index is 1.81. The number of aliphatic hydroxyl groups is 2. The topological polar surface area (TPSA) is 109 Å². The van der Waals surface area contributed by atoms with Gasteiger partial charge in [-0.05, 0) is 44.3 Å². The first-order valence-corrected chi connectivity index (χ1v) is 13.1. The molecule has 2 N–H and O–H groups in total. The number of thiazole rings is 1. The molecule has 2 aliphatic heterocycles. The summed E-state index contributed by atoms with van der Waals surface area (Å²) in [5, 5.41) is 24.5. The lowest BCUT2D eigenvalue weighted by Crippen LogP contribution is -2.45. The average Bonchev–Trinajstić information content (AvgIpc) is 3.38. The Kier molecular flexibility index (Phi) is 8.71. The molecule has 34 heavy (non-hydrogen) atoms. The Morgan fingerprint density at radius 3 is 2.59 bits per heavy atom. The minimum absolute atomic E-state index is 0.00770. The standard InChI is InChI=1S/C26H39NO6S/c1-14-8-7-9-19-21(32-19)11-20(15(2)10-18-13-34-17(4)27-18)33-23(29)12-22(28)26(5,6)25(31)16(3)24(14)30/h10,13-14,16,19-22,24,28,30H,7-9,11-12H2,1-6H3/b15-10+/t14?,16?,19-,20?,21+,22?,24?/m1/s1/i32+2. The molecule has 1 aromatic heterocycles. The van der Waals surface area contributed by atoms with Crippen LogP contribution in [0.1, 0.15) is 77.4 Å². The van der Waals surface area contributed by atoms with E-state index < -0.39 is 35.6 Å². The van der Waals surface area contributed by atoms with Gasteiger partial charge in [-0.25, -0.2) is 4.98 Å². The summed E-state index contributed by atoms with van der Waals surface area (Å²) in [6.45, 7) is 10.8. The molecule has 0 aliphatic carbocycles. The molecule has 2 saturated heterocycles. The number of nitrogens with zero attached hydrogens (tertiary/aromatic N) is 1. The fourth-order valence-electron chi connectivity index (χ4n) is 4.78. The Labute approximate surface area is 206 Å². The first kappa shape index (κ1) is 27.0. The highest BCUT2D eigenvalue weighted by molar-refractivity contribution is 7.09. The molecule has 2 fully saturated rings. The molecule has 0 radical (unpaired) electrons. The number of aromatic nitrogens is 1. The lowest BCUT2D eigenvalue weighted by molar-refractivity contribution is -0.154. The summed E-state index contributed by atoms with van der Waals surface area (Å²) in [4.78, 5) is 30.5. The molecule has 190 valence electrons. The molecular formula is C26H39NO6S. The van der Waals surface area contributed by atoms with Crippen LogP contribution in [-0.2, 0) is 19.1 Å². The van der Waals surface area contributed by atoms with Gasteiger partial charge in [-0.15, -0.1) is 11.3 Å². The van der Waals surface area contributed by atoms with E-state index in [4.69, 9.17) is 9.47 Å². The van der Waals surface area contributed by atoms with Crippen LogP contribution in [0.4, 0.5) is 0 Å². The molecule has 3 rings (SSSR count). The third-order valence-electron chi connectivity index (χ3n) is 7.41. The smallest absolute Gasteiger partial charge is 0.309 e. The minimum Gasteiger partial charge on any atom is -0.458 e. The number of hydrogen-bond acceptors (Lipinski definition) is 8. The van der Waals surface area contributed by atoms with Crippen LogP contribution in [0.2, 0.25) is 0 Å². The van der Waals surface area contributed by atoms with Gasteiger partial charge in [-0.3, -0.25) is 9.59 Å². The third-order valence-corrected chi connectivity index (χ3v) is 8.20. The Morgan fingerprint density at radius 2 is 1.94 bits per heavy atom. The Morgan fingerprint density at radius 1 is 1.24 bits per heavy atom. The number of carbonyl (C=O) groups excluding carboxylic acids is 2. The SMILES string of the molecule is C/C(=C\c1csc(C)n1)C1C[C@@H]2[18O][C@@H]2CCCC(C)C(O)C(C)C(=O)C(C)(C)C(O)CC(=O)O1. The van der Waals surface area contributed by atoms with Crippen LogP contribution in [0.3, 0.4) is 0 Å². The van der Waals surface area contributed by atoms with Crippen LogP contribution < -0.4 is 0 Å². The first-order valence-electron chi connectivity index (χ1n) is 12.3. The molecule has 3 heterocycles. The molecule has 8 heteroatoms. The summed E-state index contributed by atoms with van der Waals surface area (Å²) < 4.78 is 11.7. The number of aliphatic hydroxyl groups excluding tert-OH is 2. The number of epoxide rings is 1. The molecule has 1 aromatic rings. The van der Waals surface area contributed by atoms with E-state index in [-0.39, 0.29) is 30.3 Å². The quantitative estimate of drug-likeness (QED) is 0.361. The molecule has 7 nitrogen and oxygen atoms in total. The van der Waals surface area contributed by atoms with Gasteiger partial charge in [-0.1, -0.05) is 34.1 Å². The summed E-state index contributed by atoms with van der Waals surface area (Å²) in [5.41, 5.74) is 0.494. The maximum atomic E-state index is 13.2. The van der Waals surface area contributed by atoms with Gasteiger partial charge in [0, 0.05) is 17.7 Å². The predicted octanol–water partition coefficient (Wildman–Crippen LogP) is 4.09. The van der Waals surface area contributed by atoms with Crippen LogP contribution in [0.25, 0.3) is 6.08 Å². The number of ether oxygens (including phenoxy) is 2. The van der Waals surface area contributed by atoms with Gasteiger partial charge in [0.1, 0.15) is 11.9 Å². The lowest BCUT2D eigenvalue weighted by Gasteiger charge is -2.34. The van der Waals surface area contributed by atoms with Crippen molar-refractivity contribution in [2.24, 2.45) is 17.3 Å². The van der Waals surface area contributed by atoms with E-state index in [0.717, 1.165) is 35.5 Å². The van der Waals surface area contributed by atoms with E-state index in [1.165, 1.54) is 0 Å². The largest absolute Gasteiger partial charge is 0.458 e. The van der Waals surface area contributed by atoms with E-state index in [1.54, 1.807) is 32.1 Å². The molecule has 0 spiro atoms. The number of rotatable bonds is 2. The normalized spacial score (nSPS) is 36.0. The first-order chi connectivity index (χ1) is 15.9. The summed E-state index contributed by atoms with van der Waals surface area (Å²) in [6, 6.07) is 0. The van der Waals surface area contributed by atoms with Crippen LogP contribution in [-0.4, -0.2) is 57.5 Å². The van der Waals surface area contributed by atoms with E-state index in [0.29, 0.717) is 6.42 Å². The van der Waals surface area contributed by atoms with Crippen molar-refractivity contribution >= 4 is 29.2 Å². The molecule has 0 aromatic carbocycles. The molecule has 0 saturated carbocycles. The maximum absolute atomic E-state index is 13.2. The van der Waals surface area contributed by atoms with Gasteiger partial charge in [0.25, 0.3) is 0 Å². The average molecular weight is 496 g/mol. The number of Topliss-reactive ketones (excluding diaryl/α,β-unsaturated/α-hetero) is 1. The zero-order valence-corrected chi connectivity index (χ0v) is 21.9. The van der Waals surface area contributed by atoms with E-state index in [1.807, 2.05) is 32.2 Å². The number of cyclic esters (lactones) is 1. The van der Waals surface area contributed by atoms with Crippen LogP contribution in [0.15, 0.2) is 11.0 Å². The van der Waals surface area contributed by atoms with Crippen molar-refractivity contribution in [2.75, 3.05) is 0 Å². The van der Waals surface area contributed by atoms with Gasteiger partial charge in [0.05, 0.1) is 47.0 Å². The number of aryl methyl sites for hydroxylation is 1. The summed E-state index contributed by atoms with van der Waals surface area (Å²) >= 11 is 1.56. The Hall–Kier alpha value is -1.61. The van der Waals surface area contributed by atoms with E-state index in [9.17, 15) is 19.8 Å². The van der Waals surface area contributed by atoms with Crippen LogP contribution >= 0.6 is 11.3 Å². The monoisotopic (exact) mass is 495 g/mol. The lowest BCUT2D eigenvalue weighted by atomic mass is 9.73. The molecule has 0 amide bonds. The second-order valence-electron chi connectivity index (χ2n) is 10.6. The molecule has 5 unspecified atom stereocenters. The number of carbonyl (C=O) groups is 2. The van der Waals surface area contributed by atoms with E-state index >= 15 is 0 Å². The van der Waals surface area contributed by atoms with Gasteiger partial charge < -0.3 is 19.7 Å². The van der Waals surface area contributed by atoms with Crippen molar-refractivity contribution in [1.82, 2.24) is 4.98 Å². The highest BCUT2D eigenvalue weighted by Crippen LogP contribution is 2.36. The van der Waals surface area contributed by atoms with Gasteiger partial charge in [0.15, 0.2) is 0 Å².